The van der Waals surface area contributed by atoms with Crippen molar-refractivity contribution < 1.29 is 9.53 Å². The average molecular weight is 187 g/mol. The highest BCUT2D eigenvalue weighted by atomic mass is 16.5. The molecule has 13 heavy (non-hydrogen) atoms. The third-order valence-electron chi connectivity index (χ3n) is 2.04. The maximum absolute atomic E-state index is 10.4. The lowest BCUT2D eigenvalue weighted by atomic mass is 10.4. The molecular weight excluding hydrogens is 170 g/mol. The Hall–Kier alpha value is -0.810. The number of nitrogens with zero attached hydrogens (tertiary/aromatic N) is 1. The van der Waals surface area contributed by atoms with Crippen molar-refractivity contribution in [3.8, 4) is 0 Å². The van der Waals surface area contributed by atoms with Crippen molar-refractivity contribution in [2.75, 3.05) is 39.4 Å². The van der Waals surface area contributed by atoms with Crippen LogP contribution in [-0.2, 0) is 4.74 Å². The molecule has 0 aromatic carbocycles. The standard InChI is InChI=1S/C8H17N3O2/c9-8(12)10-2-4-11-3-1-6-13-7-5-11/h1-7H2,(H3,9,10,12). The van der Waals surface area contributed by atoms with E-state index in [9.17, 15) is 4.79 Å². The molecule has 1 saturated heterocycles. The van der Waals surface area contributed by atoms with Gasteiger partial charge in [0.2, 0.25) is 0 Å². The molecule has 0 aliphatic carbocycles. The summed E-state index contributed by atoms with van der Waals surface area (Å²) in [5.41, 5.74) is 4.95. The number of nitrogens with one attached hydrogen (secondary N) is 1. The van der Waals surface area contributed by atoms with Crippen molar-refractivity contribution in [2.24, 2.45) is 5.73 Å². The largest absolute Gasteiger partial charge is 0.380 e. The maximum Gasteiger partial charge on any atom is 0.312 e. The minimum Gasteiger partial charge on any atom is -0.380 e. The number of primary amides is 1. The summed E-state index contributed by atoms with van der Waals surface area (Å²) >= 11 is 0. The van der Waals surface area contributed by atoms with Crippen LogP contribution in [-0.4, -0.2) is 50.3 Å². The number of ether oxygens (including phenoxy) is 1. The number of hydrogen-bond donors (Lipinski definition) is 2. The Labute approximate surface area is 78.2 Å². The Morgan fingerprint density at radius 3 is 3.08 bits per heavy atom. The summed E-state index contributed by atoms with van der Waals surface area (Å²) < 4.78 is 5.30. The summed E-state index contributed by atoms with van der Waals surface area (Å²) in [6.45, 7) is 5.10. The van der Waals surface area contributed by atoms with Gasteiger partial charge < -0.3 is 15.8 Å². The van der Waals surface area contributed by atoms with Crippen molar-refractivity contribution in [2.45, 2.75) is 6.42 Å². The van der Waals surface area contributed by atoms with Gasteiger partial charge in [-0.05, 0) is 6.42 Å². The van der Waals surface area contributed by atoms with Crippen LogP contribution >= 0.6 is 0 Å². The van der Waals surface area contributed by atoms with E-state index in [1.54, 1.807) is 0 Å². The van der Waals surface area contributed by atoms with Crippen LogP contribution in [0.25, 0.3) is 0 Å². The molecule has 1 aliphatic rings. The van der Waals surface area contributed by atoms with Crippen LogP contribution < -0.4 is 11.1 Å². The molecule has 0 aromatic heterocycles. The van der Waals surface area contributed by atoms with Gasteiger partial charge in [0.15, 0.2) is 0 Å². The van der Waals surface area contributed by atoms with Crippen LogP contribution in [0.5, 0.6) is 0 Å². The zero-order chi connectivity index (χ0) is 9.52. The lowest BCUT2D eigenvalue weighted by Gasteiger charge is -2.18. The van der Waals surface area contributed by atoms with Crippen molar-refractivity contribution in [1.29, 1.82) is 0 Å². The SMILES string of the molecule is NC(=O)NCCN1CCCOCC1. The molecule has 0 unspecified atom stereocenters. The Bertz CT molecular complexity index is 155. The van der Waals surface area contributed by atoms with E-state index in [1.165, 1.54) is 0 Å². The van der Waals surface area contributed by atoms with Gasteiger partial charge in [-0.1, -0.05) is 0 Å². The predicted octanol–water partition coefficient (Wildman–Crippen LogP) is -0.623. The van der Waals surface area contributed by atoms with Crippen LogP contribution in [0.4, 0.5) is 4.79 Å². The zero-order valence-corrected chi connectivity index (χ0v) is 7.79. The molecule has 1 heterocycles. The molecule has 5 nitrogen and oxygen atoms in total. The van der Waals surface area contributed by atoms with Crippen LogP contribution in [0.15, 0.2) is 0 Å². The van der Waals surface area contributed by atoms with E-state index in [1.807, 2.05) is 0 Å². The molecule has 5 heteroatoms. The first-order valence-corrected chi connectivity index (χ1v) is 4.62. The molecule has 3 N–H and O–H groups in total. The van der Waals surface area contributed by atoms with Crippen molar-refractivity contribution in [3.05, 3.63) is 0 Å². The number of urea groups is 1. The quantitative estimate of drug-likeness (QED) is 0.618. The van der Waals surface area contributed by atoms with Crippen LogP contribution in [0, 0.1) is 0 Å². The number of amides is 2. The van der Waals surface area contributed by atoms with Gasteiger partial charge in [0.05, 0.1) is 6.61 Å². The van der Waals surface area contributed by atoms with Gasteiger partial charge >= 0.3 is 6.03 Å². The minimum absolute atomic E-state index is 0.453. The van der Waals surface area contributed by atoms with E-state index in [2.05, 4.69) is 10.2 Å². The summed E-state index contributed by atoms with van der Waals surface area (Å²) in [6.07, 6.45) is 1.07. The van der Waals surface area contributed by atoms with Crippen molar-refractivity contribution >= 4 is 6.03 Å². The van der Waals surface area contributed by atoms with Gasteiger partial charge in [-0.15, -0.1) is 0 Å². The number of carbonyl (C=O) groups is 1. The third-order valence-corrected chi connectivity index (χ3v) is 2.04. The fraction of sp³-hybridized carbons (Fsp3) is 0.875. The number of rotatable bonds is 3. The molecule has 0 bridgehead atoms. The highest BCUT2D eigenvalue weighted by molar-refractivity contribution is 5.71. The monoisotopic (exact) mass is 187 g/mol. The second-order valence-corrected chi connectivity index (χ2v) is 3.10. The lowest BCUT2D eigenvalue weighted by Crippen LogP contribution is -2.38. The van der Waals surface area contributed by atoms with Crippen LogP contribution in [0.1, 0.15) is 6.42 Å². The Balaban J connectivity index is 2.08. The van der Waals surface area contributed by atoms with E-state index < -0.39 is 6.03 Å². The highest BCUT2D eigenvalue weighted by Gasteiger charge is 2.08. The second-order valence-electron chi connectivity index (χ2n) is 3.10. The van der Waals surface area contributed by atoms with E-state index in [4.69, 9.17) is 10.5 Å². The summed E-state index contributed by atoms with van der Waals surface area (Å²) in [6, 6.07) is -0.453. The first-order valence-electron chi connectivity index (χ1n) is 4.62. The second kappa shape index (κ2) is 5.77. The van der Waals surface area contributed by atoms with Crippen molar-refractivity contribution in [1.82, 2.24) is 10.2 Å². The predicted molar refractivity (Wildman–Crippen MR) is 49.5 cm³/mol. The fourth-order valence-electron chi connectivity index (χ4n) is 1.36. The van der Waals surface area contributed by atoms with Crippen LogP contribution in [0.3, 0.4) is 0 Å². The van der Waals surface area contributed by atoms with E-state index in [0.717, 1.165) is 39.3 Å². The highest BCUT2D eigenvalue weighted by Crippen LogP contribution is 1.97. The number of carbonyl (C=O) groups excluding carboxylic acids is 1. The summed E-state index contributed by atoms with van der Waals surface area (Å²) in [5, 5.41) is 2.57. The van der Waals surface area contributed by atoms with Gasteiger partial charge in [0.1, 0.15) is 0 Å². The first-order chi connectivity index (χ1) is 6.29. The van der Waals surface area contributed by atoms with Gasteiger partial charge in [-0.2, -0.15) is 0 Å². The fourth-order valence-corrected chi connectivity index (χ4v) is 1.36. The van der Waals surface area contributed by atoms with Gasteiger partial charge in [0.25, 0.3) is 0 Å². The Kier molecular flexibility index (Phi) is 4.56. The molecule has 0 radical (unpaired) electrons. The van der Waals surface area contributed by atoms with Gasteiger partial charge in [-0.25, -0.2) is 4.79 Å². The molecule has 0 aromatic rings. The first kappa shape index (κ1) is 10.3. The van der Waals surface area contributed by atoms with E-state index in [0.29, 0.717) is 6.54 Å². The molecule has 0 spiro atoms. The molecule has 1 aliphatic heterocycles. The molecule has 76 valence electrons. The van der Waals surface area contributed by atoms with E-state index >= 15 is 0 Å². The lowest BCUT2D eigenvalue weighted by molar-refractivity contribution is 0.141. The molecule has 1 rings (SSSR count). The number of hydrogen-bond acceptors (Lipinski definition) is 3. The van der Waals surface area contributed by atoms with Crippen LogP contribution in [0.2, 0.25) is 0 Å². The third kappa shape index (κ3) is 4.69. The zero-order valence-electron chi connectivity index (χ0n) is 7.79. The molecular formula is C8H17N3O2. The van der Waals surface area contributed by atoms with E-state index in [-0.39, 0.29) is 0 Å². The average Bonchev–Trinajstić information content (AvgIpc) is 2.32. The minimum atomic E-state index is -0.453. The van der Waals surface area contributed by atoms with Crippen molar-refractivity contribution in [3.63, 3.8) is 0 Å². The number of nitrogens with two attached hydrogens (primary N) is 1. The Morgan fingerprint density at radius 2 is 2.31 bits per heavy atom. The summed E-state index contributed by atoms with van der Waals surface area (Å²) in [7, 11) is 0. The van der Waals surface area contributed by atoms with Gasteiger partial charge in [-0.3, -0.25) is 4.90 Å². The van der Waals surface area contributed by atoms with Gasteiger partial charge in [0, 0.05) is 32.8 Å². The Morgan fingerprint density at radius 1 is 1.46 bits per heavy atom. The normalized spacial score (nSPS) is 19.4. The molecule has 0 atom stereocenters. The summed E-state index contributed by atoms with van der Waals surface area (Å²) in [4.78, 5) is 12.6. The summed E-state index contributed by atoms with van der Waals surface area (Å²) in [5.74, 6) is 0. The molecule has 2 amide bonds. The molecule has 0 saturated carbocycles. The molecule has 1 fully saturated rings. The smallest absolute Gasteiger partial charge is 0.312 e. The topological polar surface area (TPSA) is 67.6 Å². The maximum atomic E-state index is 10.4.